The number of hydrogen-bond donors (Lipinski definition) is 1. The number of alkyl halides is 3. The number of halogens is 3. The fourth-order valence-corrected chi connectivity index (χ4v) is 2.13. The molecular weight excluding hydrogens is 259 g/mol. The van der Waals surface area contributed by atoms with Crippen molar-refractivity contribution in [1.82, 2.24) is 0 Å². The number of rotatable bonds is 4. The normalized spacial score (nSPS) is 11.5. The third kappa shape index (κ3) is 3.00. The molecule has 0 aromatic heterocycles. The molecule has 106 valence electrons. The third-order valence-corrected chi connectivity index (χ3v) is 2.94. The molecule has 0 saturated carbocycles. The van der Waals surface area contributed by atoms with Crippen molar-refractivity contribution in [1.29, 1.82) is 0 Å². The van der Waals surface area contributed by atoms with Crippen molar-refractivity contribution in [2.75, 3.05) is 7.11 Å². The predicted octanol–water partition coefficient (Wildman–Crippen LogP) is 3.07. The quantitative estimate of drug-likeness (QED) is 0.918. The van der Waals surface area contributed by atoms with Crippen LogP contribution in [0.5, 0.6) is 5.75 Å². The number of carbonyl (C=O) groups is 1. The van der Waals surface area contributed by atoms with Gasteiger partial charge in [-0.15, -0.1) is 0 Å². The van der Waals surface area contributed by atoms with Crippen molar-refractivity contribution >= 4 is 5.91 Å². The van der Waals surface area contributed by atoms with Crippen LogP contribution in [0.4, 0.5) is 13.2 Å². The first-order valence-electron chi connectivity index (χ1n) is 5.81. The number of hydrogen-bond acceptors (Lipinski definition) is 2. The molecule has 0 radical (unpaired) electrons. The lowest BCUT2D eigenvalue weighted by Gasteiger charge is -2.19. The fraction of sp³-hybridized carbons (Fsp3) is 0.462. The number of methoxy groups -OCH3 is 1. The molecule has 0 aliphatic heterocycles. The highest BCUT2D eigenvalue weighted by Crippen LogP contribution is 2.41. The van der Waals surface area contributed by atoms with Crippen molar-refractivity contribution in [3.8, 4) is 5.75 Å². The summed E-state index contributed by atoms with van der Waals surface area (Å²) < 4.78 is 43.9. The number of benzene rings is 1. The highest BCUT2D eigenvalue weighted by molar-refractivity contribution is 5.95. The Morgan fingerprint density at radius 1 is 1.42 bits per heavy atom. The Hall–Kier alpha value is -1.72. The standard InChI is InChI=1S/C13H16F3NO2/c1-4-5-8-7(2)11(13(14,15)16)10(19-3)6-9(8)12(17)18/h6H,4-5H2,1-3H3,(H2,17,18). The van der Waals surface area contributed by atoms with E-state index >= 15 is 0 Å². The van der Waals surface area contributed by atoms with Crippen LogP contribution in [0.15, 0.2) is 6.07 Å². The molecule has 19 heavy (non-hydrogen) atoms. The summed E-state index contributed by atoms with van der Waals surface area (Å²) in [6, 6.07) is 1.07. The summed E-state index contributed by atoms with van der Waals surface area (Å²) in [6.07, 6.45) is -3.56. The van der Waals surface area contributed by atoms with E-state index in [0.29, 0.717) is 18.4 Å². The molecule has 0 bridgehead atoms. The second kappa shape index (κ2) is 5.50. The summed E-state index contributed by atoms with van der Waals surface area (Å²) in [5.74, 6) is -1.13. The van der Waals surface area contributed by atoms with Gasteiger partial charge in [0.15, 0.2) is 0 Å². The minimum Gasteiger partial charge on any atom is -0.496 e. The number of carbonyl (C=O) groups excluding carboxylic acids is 1. The van der Waals surface area contributed by atoms with Gasteiger partial charge in [-0.2, -0.15) is 13.2 Å². The van der Waals surface area contributed by atoms with Gasteiger partial charge >= 0.3 is 6.18 Å². The van der Waals surface area contributed by atoms with Crippen LogP contribution in [0.3, 0.4) is 0 Å². The van der Waals surface area contributed by atoms with Crippen molar-refractivity contribution in [3.05, 3.63) is 28.3 Å². The smallest absolute Gasteiger partial charge is 0.420 e. The molecule has 0 atom stereocenters. The summed E-state index contributed by atoms with van der Waals surface area (Å²) in [4.78, 5) is 11.4. The second-order valence-corrected chi connectivity index (χ2v) is 4.22. The van der Waals surface area contributed by atoms with E-state index in [1.54, 1.807) is 0 Å². The van der Waals surface area contributed by atoms with E-state index in [1.807, 2.05) is 6.92 Å². The Labute approximate surface area is 109 Å². The first-order valence-corrected chi connectivity index (χ1v) is 5.81. The first kappa shape index (κ1) is 15.3. The van der Waals surface area contributed by atoms with Gasteiger partial charge in [-0.25, -0.2) is 0 Å². The van der Waals surface area contributed by atoms with Gasteiger partial charge in [0.05, 0.1) is 7.11 Å². The van der Waals surface area contributed by atoms with Gasteiger partial charge in [0.25, 0.3) is 0 Å². The van der Waals surface area contributed by atoms with E-state index in [0.717, 1.165) is 13.2 Å². The minimum absolute atomic E-state index is 0.00231. The van der Waals surface area contributed by atoms with Crippen LogP contribution in [-0.4, -0.2) is 13.0 Å². The van der Waals surface area contributed by atoms with E-state index < -0.39 is 17.6 Å². The molecule has 2 N–H and O–H groups in total. The maximum Gasteiger partial charge on any atom is 0.420 e. The molecule has 1 aromatic rings. The van der Waals surface area contributed by atoms with Gasteiger partial charge in [0.2, 0.25) is 5.91 Å². The maximum atomic E-state index is 13.1. The van der Waals surface area contributed by atoms with Crippen molar-refractivity contribution < 1.29 is 22.7 Å². The Morgan fingerprint density at radius 3 is 2.37 bits per heavy atom. The Balaban J connectivity index is 3.67. The molecule has 0 unspecified atom stereocenters. The van der Waals surface area contributed by atoms with Crippen LogP contribution < -0.4 is 10.5 Å². The van der Waals surface area contributed by atoms with E-state index in [2.05, 4.69) is 0 Å². The second-order valence-electron chi connectivity index (χ2n) is 4.22. The minimum atomic E-state index is -4.53. The molecule has 0 spiro atoms. The van der Waals surface area contributed by atoms with E-state index in [-0.39, 0.29) is 16.9 Å². The Morgan fingerprint density at radius 2 is 2.00 bits per heavy atom. The maximum absolute atomic E-state index is 13.1. The molecule has 0 aliphatic rings. The van der Waals surface area contributed by atoms with Crippen molar-refractivity contribution in [2.45, 2.75) is 32.9 Å². The van der Waals surface area contributed by atoms with Gasteiger partial charge in [0, 0.05) is 5.56 Å². The zero-order valence-corrected chi connectivity index (χ0v) is 11.0. The molecule has 6 heteroatoms. The molecular formula is C13H16F3NO2. The predicted molar refractivity (Wildman–Crippen MR) is 65.2 cm³/mol. The van der Waals surface area contributed by atoms with E-state index in [1.165, 1.54) is 6.92 Å². The zero-order chi connectivity index (χ0) is 14.8. The number of primary amides is 1. The van der Waals surface area contributed by atoms with Gasteiger partial charge in [-0.3, -0.25) is 4.79 Å². The summed E-state index contributed by atoms with van der Waals surface area (Å²) in [5.41, 5.74) is 4.80. The van der Waals surface area contributed by atoms with Crippen LogP contribution in [0, 0.1) is 6.92 Å². The molecule has 3 nitrogen and oxygen atoms in total. The highest BCUT2D eigenvalue weighted by atomic mass is 19.4. The van der Waals surface area contributed by atoms with Crippen LogP contribution in [0.25, 0.3) is 0 Å². The number of ether oxygens (including phenoxy) is 1. The summed E-state index contributed by atoms with van der Waals surface area (Å²) in [5, 5.41) is 0. The van der Waals surface area contributed by atoms with Crippen molar-refractivity contribution in [2.24, 2.45) is 5.73 Å². The molecule has 0 fully saturated rings. The Kier molecular flexibility index (Phi) is 4.44. The van der Waals surface area contributed by atoms with Crippen LogP contribution in [0.2, 0.25) is 0 Å². The van der Waals surface area contributed by atoms with E-state index in [4.69, 9.17) is 10.5 Å². The Bertz CT molecular complexity index is 496. The van der Waals surface area contributed by atoms with Gasteiger partial charge in [-0.1, -0.05) is 13.3 Å². The van der Waals surface area contributed by atoms with Gasteiger partial charge < -0.3 is 10.5 Å². The average molecular weight is 275 g/mol. The largest absolute Gasteiger partial charge is 0.496 e. The molecule has 0 aliphatic carbocycles. The van der Waals surface area contributed by atoms with Gasteiger partial charge in [-0.05, 0) is 30.5 Å². The topological polar surface area (TPSA) is 52.3 Å². The SMILES string of the molecule is CCCc1c(C(N)=O)cc(OC)c(C(F)(F)F)c1C. The van der Waals surface area contributed by atoms with Crippen LogP contribution >= 0.6 is 0 Å². The lowest BCUT2D eigenvalue weighted by molar-refractivity contribution is -0.139. The lowest BCUT2D eigenvalue weighted by atomic mass is 9.92. The number of nitrogens with two attached hydrogens (primary N) is 1. The summed E-state index contributed by atoms with van der Waals surface area (Å²) in [6.45, 7) is 3.16. The highest BCUT2D eigenvalue weighted by Gasteiger charge is 2.38. The van der Waals surface area contributed by atoms with Crippen molar-refractivity contribution in [3.63, 3.8) is 0 Å². The molecule has 1 amide bonds. The molecule has 0 heterocycles. The summed E-state index contributed by atoms with van der Waals surface area (Å²) >= 11 is 0. The third-order valence-electron chi connectivity index (χ3n) is 2.94. The monoisotopic (exact) mass is 275 g/mol. The average Bonchev–Trinajstić information content (AvgIpc) is 2.29. The van der Waals surface area contributed by atoms with Crippen LogP contribution in [0.1, 0.15) is 40.4 Å². The van der Waals surface area contributed by atoms with Crippen LogP contribution in [-0.2, 0) is 12.6 Å². The number of amides is 1. The molecule has 1 aromatic carbocycles. The summed E-state index contributed by atoms with van der Waals surface area (Å²) in [7, 11) is 1.13. The zero-order valence-electron chi connectivity index (χ0n) is 11.0. The lowest BCUT2D eigenvalue weighted by Crippen LogP contribution is -2.19. The fourth-order valence-electron chi connectivity index (χ4n) is 2.13. The molecule has 1 rings (SSSR count). The first-order chi connectivity index (χ1) is 8.73. The molecule has 0 saturated heterocycles. The van der Waals surface area contributed by atoms with E-state index in [9.17, 15) is 18.0 Å². The van der Waals surface area contributed by atoms with Gasteiger partial charge in [0.1, 0.15) is 11.3 Å².